The van der Waals surface area contributed by atoms with Gasteiger partial charge in [0.05, 0.1) is 79.6 Å². The molecule has 0 bridgehead atoms. The number of aromatic amines is 6. The minimum absolute atomic E-state index is 0.0186. The molecular formula is C113H79ClF6N22. The number of hydrogen-bond acceptors (Lipinski definition) is 16. The van der Waals surface area contributed by atoms with Crippen molar-refractivity contribution in [2.24, 2.45) is 0 Å². The Hall–Kier alpha value is -18.2. The Morgan fingerprint density at radius 3 is 1.20 bits per heavy atom. The minimum Gasteiger partial charge on any atom is -0.374 e. The molecule has 20 heterocycles. The van der Waals surface area contributed by atoms with Crippen LogP contribution < -0.4 is 26.6 Å². The van der Waals surface area contributed by atoms with Crippen LogP contribution >= 0.6 is 11.6 Å². The molecule has 5 unspecified atom stereocenters. The van der Waals surface area contributed by atoms with Crippen LogP contribution in [0.15, 0.2) is 330 Å². The van der Waals surface area contributed by atoms with E-state index in [2.05, 4.69) is 230 Å². The fourth-order valence-corrected chi connectivity index (χ4v) is 20.7. The molecule has 15 aromatic heterocycles. The van der Waals surface area contributed by atoms with E-state index in [1.54, 1.807) is 43.5 Å². The average Bonchev–Trinajstić information content (AvgIpc) is 1.55. The lowest BCUT2D eigenvalue weighted by molar-refractivity contribution is 0.549. The van der Waals surface area contributed by atoms with Crippen molar-refractivity contribution in [3.8, 4) is 55.9 Å². The Bertz CT molecular complexity index is 8710. The quantitative estimate of drug-likeness (QED) is 0.0714. The van der Waals surface area contributed by atoms with Gasteiger partial charge in [-0.05, 0) is 152 Å². The fraction of sp³-hybridized carbons (Fsp3) is 0.0708. The lowest BCUT2D eigenvalue weighted by Gasteiger charge is -2.20. The molecule has 5 aliphatic rings. The van der Waals surface area contributed by atoms with Crippen molar-refractivity contribution >= 4 is 128 Å². The summed E-state index contributed by atoms with van der Waals surface area (Å²) in [6, 6.07) is 72.5. The summed E-state index contributed by atoms with van der Waals surface area (Å²) >= 11 is 6.47. The number of pyridine rings is 6. The first-order chi connectivity index (χ1) is 69.6. The second-order valence-electron chi connectivity index (χ2n) is 35.0. The third-order valence-corrected chi connectivity index (χ3v) is 27.0. The molecule has 0 spiro atoms. The number of nitrogens with zero attached hydrogens (tertiary/aromatic N) is 11. The van der Waals surface area contributed by atoms with E-state index in [0.717, 1.165) is 134 Å². The molecule has 11 N–H and O–H groups in total. The zero-order chi connectivity index (χ0) is 96.1. The highest BCUT2D eigenvalue weighted by molar-refractivity contribution is 6.35. The number of rotatable bonds is 5. The monoisotopic (exact) mass is 1890 g/mol. The number of nitrogens with one attached hydrogen (secondary N) is 11. The van der Waals surface area contributed by atoms with Crippen LogP contribution in [0.25, 0.3) is 144 Å². The van der Waals surface area contributed by atoms with Gasteiger partial charge in [-0.2, -0.15) is 0 Å². The zero-order valence-electron chi connectivity index (χ0n) is 75.6. The third kappa shape index (κ3) is 15.1. The van der Waals surface area contributed by atoms with Crippen molar-refractivity contribution in [3.63, 3.8) is 0 Å². The number of aryl methyl sites for hydroxylation is 3. The summed E-state index contributed by atoms with van der Waals surface area (Å²) in [7, 11) is 0. The first-order valence-corrected chi connectivity index (χ1v) is 46.3. The minimum atomic E-state index is -0.715. The molecule has 0 aliphatic carbocycles. The van der Waals surface area contributed by atoms with E-state index in [4.69, 9.17) is 16.6 Å². The van der Waals surface area contributed by atoms with Gasteiger partial charge >= 0.3 is 0 Å². The number of anilines is 5. The Morgan fingerprint density at radius 1 is 0.282 bits per heavy atom. The van der Waals surface area contributed by atoms with Crippen LogP contribution in [0.3, 0.4) is 0 Å². The van der Waals surface area contributed by atoms with E-state index in [-0.39, 0.29) is 28.8 Å². The standard InChI is InChI=1S/C20H12ClF2N3.2C20H16N4.2C19H12F2N4.C15H11N3/c21-12-9-25-20-17-11(8-24-20)19(18-13(22)5-3-6-14(18)23)26-15-7-2-1-4-10(15)16(12)17;1-12-4-2-5-13(10-12)18-16-11-23-20-17(16)14(7-9-22-20)15-6-3-8-21-19(15)24-18;1-12-5-4-6-13(9-12)18-15-10-21-20-17(15)19(22-11-23-20)14-7-2-3-8-16(14)24-18;20-13-4-1-5-14(21)16(13)17-12-9-24-19-15(12)10(6-8-23-19)11-3-2-7-22-18(11)25-17;20-12-5-3-6-13(21)16(12)18-11-8-22-19-15(11)17(23-9-24-19)10-4-1-2-7-14(10)25-18;1-9-12-8-17-15-14(12)11(6-7-16-15)10-4-2-3-5-13(10)18-9/h1-9,19,26H,(H,24,25);2-11,18H,1H3,(H,21,24)(H,22,23);2-11,18,24H,1H3,(H,21,22,23);1-9,17H,(H,22,25)(H,23,24);1-9,18,25H,(H,22,23,24);2-8H,1H3,(H,16,17). The van der Waals surface area contributed by atoms with E-state index in [0.29, 0.717) is 38.9 Å². The summed E-state index contributed by atoms with van der Waals surface area (Å²) in [4.78, 5) is 68.0. The summed E-state index contributed by atoms with van der Waals surface area (Å²) in [5, 5.41) is 26.9. The molecule has 22 nitrogen and oxygen atoms in total. The number of fused-ring (bicyclic) bond motifs is 12. The Morgan fingerprint density at radius 2 is 0.676 bits per heavy atom. The smallest absolute Gasteiger partial charge is 0.141 e. The first kappa shape index (κ1) is 86.6. The molecule has 9 aromatic carbocycles. The highest BCUT2D eigenvalue weighted by atomic mass is 35.5. The van der Waals surface area contributed by atoms with Crippen LogP contribution in [-0.2, 0) is 0 Å². The van der Waals surface area contributed by atoms with Gasteiger partial charge in [0.25, 0.3) is 0 Å². The van der Waals surface area contributed by atoms with Crippen LogP contribution in [0.2, 0.25) is 5.02 Å². The average molecular weight is 1890 g/mol. The SMILES string of the molecule is Cc1cccc(C2Nc3ccccc3-c3ncnc4[nH]cc2c34)c1.Cc1cccc(C2Nc3ncccc3-c3ccnc4[nH]cc2c34)c1.Cc1nc2ccccc2c2cc[nH]c3ncc1c32.Fc1cccc(F)c1C1Nc2ccccc2-c2c(Cl)cnc3[nH]cc1c23.Fc1cccc(F)c1C1Nc2ccccc2-c2ncnc3[nH]cc1c23.Fc1cccc(F)c1C1Nc2ncccc2-c2ccnc3[nH]cc1c23. The van der Waals surface area contributed by atoms with E-state index in [1.165, 1.54) is 121 Å². The summed E-state index contributed by atoms with van der Waals surface area (Å²) in [6.45, 7) is 6.28. The fourth-order valence-electron chi connectivity index (χ4n) is 20.4. The number of hydrogen-bond donors (Lipinski definition) is 11. The van der Waals surface area contributed by atoms with Crippen molar-refractivity contribution in [2.75, 3.05) is 26.6 Å². The zero-order valence-corrected chi connectivity index (χ0v) is 76.4. The second kappa shape index (κ2) is 35.7. The molecule has 5 aliphatic heterocycles. The molecule has 0 amide bonds. The maximum atomic E-state index is 14.6. The summed E-state index contributed by atoms with van der Waals surface area (Å²) < 4.78 is 87.1. The van der Waals surface area contributed by atoms with E-state index < -0.39 is 53.0 Å². The number of aromatic nitrogens is 17. The number of halogens is 7. The van der Waals surface area contributed by atoms with Gasteiger partial charge in [0.2, 0.25) is 0 Å². The summed E-state index contributed by atoms with van der Waals surface area (Å²) in [5.41, 5.74) is 28.2. The van der Waals surface area contributed by atoms with Crippen molar-refractivity contribution in [3.05, 3.63) is 442 Å². The van der Waals surface area contributed by atoms with Crippen LogP contribution in [0, 0.1) is 55.7 Å². The largest absolute Gasteiger partial charge is 0.374 e. The first-order valence-electron chi connectivity index (χ1n) is 45.9. The molecule has 29 heteroatoms. The van der Waals surface area contributed by atoms with Gasteiger partial charge in [-0.3, -0.25) is 4.98 Å². The lowest BCUT2D eigenvalue weighted by Crippen LogP contribution is -2.15. The molecule has 690 valence electrons. The van der Waals surface area contributed by atoms with Crippen molar-refractivity contribution < 1.29 is 26.3 Å². The van der Waals surface area contributed by atoms with Crippen LogP contribution in [-0.4, -0.2) is 84.7 Å². The maximum absolute atomic E-state index is 14.6. The summed E-state index contributed by atoms with van der Waals surface area (Å²) in [5.74, 6) is -2.10. The third-order valence-electron chi connectivity index (χ3n) is 26.7. The van der Waals surface area contributed by atoms with Crippen molar-refractivity contribution in [1.82, 2.24) is 84.7 Å². The Balaban J connectivity index is 0.0000000923. The van der Waals surface area contributed by atoms with Gasteiger partial charge in [0.15, 0.2) is 0 Å². The van der Waals surface area contributed by atoms with Gasteiger partial charge < -0.3 is 56.5 Å². The number of H-pyrrole nitrogens is 6. The maximum Gasteiger partial charge on any atom is 0.141 e. The van der Waals surface area contributed by atoms with Gasteiger partial charge in [0, 0.05) is 191 Å². The predicted molar refractivity (Wildman–Crippen MR) is 546 cm³/mol. The molecule has 24 aromatic rings. The topological polar surface area (TPSA) is 297 Å². The molecular weight excluding hydrogens is 1810 g/mol. The van der Waals surface area contributed by atoms with Gasteiger partial charge in [0.1, 0.15) is 93.1 Å². The Kier molecular flexibility index (Phi) is 21.8. The normalized spacial score (nSPS) is 15.0. The molecule has 142 heavy (non-hydrogen) atoms. The van der Waals surface area contributed by atoms with Crippen LogP contribution in [0.4, 0.5) is 55.0 Å². The number of para-hydroxylation sites is 4. The lowest BCUT2D eigenvalue weighted by atomic mass is 9.96. The van der Waals surface area contributed by atoms with Gasteiger partial charge in [-0.1, -0.05) is 162 Å². The predicted octanol–water partition coefficient (Wildman–Crippen LogP) is 27.0. The van der Waals surface area contributed by atoms with Gasteiger partial charge in [-0.25, -0.2) is 76.2 Å². The molecule has 0 saturated carbocycles. The highest BCUT2D eigenvalue weighted by Crippen LogP contribution is 2.52. The van der Waals surface area contributed by atoms with Crippen LogP contribution in [0.5, 0.6) is 0 Å². The molecule has 0 saturated heterocycles. The van der Waals surface area contributed by atoms with Crippen molar-refractivity contribution in [2.45, 2.75) is 51.0 Å². The van der Waals surface area contributed by atoms with Crippen molar-refractivity contribution in [1.29, 1.82) is 0 Å². The van der Waals surface area contributed by atoms with Crippen LogP contribution in [0.1, 0.15) is 103 Å². The molecule has 0 radical (unpaired) electrons. The van der Waals surface area contributed by atoms with E-state index >= 15 is 0 Å². The number of benzene rings is 9. The molecule has 5 atom stereocenters. The van der Waals surface area contributed by atoms with E-state index in [9.17, 15) is 26.3 Å². The molecule has 0 fully saturated rings. The molecule has 29 rings (SSSR count). The highest BCUT2D eigenvalue weighted by Gasteiger charge is 2.37. The van der Waals surface area contributed by atoms with E-state index in [1.807, 2.05) is 123 Å². The summed E-state index contributed by atoms with van der Waals surface area (Å²) in [6.07, 6.45) is 24.9. The second-order valence-corrected chi connectivity index (χ2v) is 35.4. The Labute approximate surface area is 809 Å². The van der Waals surface area contributed by atoms with Gasteiger partial charge in [-0.15, -0.1) is 0 Å².